The van der Waals surface area contributed by atoms with E-state index in [0.717, 1.165) is 9.21 Å². The first kappa shape index (κ1) is 23.1. The van der Waals surface area contributed by atoms with Gasteiger partial charge in [-0.05, 0) is 36.4 Å². The monoisotopic (exact) mass is 468 g/mol. The molecule has 2 amide bonds. The Kier molecular flexibility index (Phi) is 6.85. The predicted octanol–water partition coefficient (Wildman–Crippen LogP) is 1.21. The van der Waals surface area contributed by atoms with E-state index in [-0.39, 0.29) is 17.9 Å². The molecule has 4 rings (SSSR count). The maximum absolute atomic E-state index is 13.5. The average molecular weight is 469 g/mol. The minimum Gasteiger partial charge on any atom is -0.379 e. The van der Waals surface area contributed by atoms with Crippen molar-refractivity contribution in [3.8, 4) is 6.07 Å². The molecule has 0 aliphatic carbocycles. The van der Waals surface area contributed by atoms with Gasteiger partial charge in [0.1, 0.15) is 6.04 Å². The Labute approximate surface area is 192 Å². The Balaban J connectivity index is 1.63. The summed E-state index contributed by atoms with van der Waals surface area (Å²) < 4.78 is 33.6. The minimum absolute atomic E-state index is 0.0716. The first-order chi connectivity index (χ1) is 15.9. The Morgan fingerprint density at radius 1 is 1.03 bits per heavy atom. The van der Waals surface area contributed by atoms with Crippen LogP contribution in [0.4, 0.5) is 5.69 Å². The Morgan fingerprint density at radius 3 is 2.33 bits per heavy atom. The number of rotatable bonds is 7. The van der Waals surface area contributed by atoms with Gasteiger partial charge in [-0.15, -0.1) is 0 Å². The Hall–Kier alpha value is -3.10. The zero-order chi connectivity index (χ0) is 23.4. The van der Waals surface area contributed by atoms with E-state index in [0.29, 0.717) is 44.1 Å². The van der Waals surface area contributed by atoms with Gasteiger partial charge < -0.3 is 4.74 Å². The van der Waals surface area contributed by atoms with Gasteiger partial charge >= 0.3 is 0 Å². The molecule has 2 aromatic carbocycles. The van der Waals surface area contributed by atoms with Crippen molar-refractivity contribution in [3.63, 3.8) is 0 Å². The van der Waals surface area contributed by atoms with E-state index in [9.17, 15) is 18.0 Å². The van der Waals surface area contributed by atoms with Gasteiger partial charge in [0.05, 0.1) is 41.9 Å². The minimum atomic E-state index is -4.03. The van der Waals surface area contributed by atoms with Crippen molar-refractivity contribution in [3.05, 3.63) is 60.2 Å². The summed E-state index contributed by atoms with van der Waals surface area (Å²) in [4.78, 5) is 29.3. The molecule has 172 valence electrons. The summed E-state index contributed by atoms with van der Waals surface area (Å²) in [5, 5.41) is 8.99. The summed E-state index contributed by atoms with van der Waals surface area (Å²) in [5.41, 5.74) is 0.713. The molecular weight excluding hydrogens is 444 g/mol. The number of sulfonamides is 1. The molecule has 0 spiro atoms. The van der Waals surface area contributed by atoms with Crippen LogP contribution in [0.3, 0.4) is 0 Å². The van der Waals surface area contributed by atoms with Gasteiger partial charge in [-0.2, -0.15) is 9.57 Å². The van der Waals surface area contributed by atoms with Gasteiger partial charge in [-0.1, -0.05) is 18.2 Å². The molecule has 2 aliphatic heterocycles. The zero-order valence-electron chi connectivity index (χ0n) is 18.0. The highest BCUT2D eigenvalue weighted by Gasteiger charge is 2.46. The van der Waals surface area contributed by atoms with Gasteiger partial charge in [0.15, 0.2) is 0 Å². The molecule has 0 aromatic heterocycles. The smallest absolute Gasteiger partial charge is 0.252 e. The summed E-state index contributed by atoms with van der Waals surface area (Å²) in [7, 11) is -4.03. The lowest BCUT2D eigenvalue weighted by Crippen LogP contribution is -2.49. The molecule has 2 fully saturated rings. The number of nitrogens with zero attached hydrogens (tertiary/aromatic N) is 4. The second-order valence-electron chi connectivity index (χ2n) is 7.83. The van der Waals surface area contributed by atoms with Crippen LogP contribution < -0.4 is 4.90 Å². The number of carbonyl (C=O) groups is 2. The largest absolute Gasteiger partial charge is 0.379 e. The van der Waals surface area contributed by atoms with Gasteiger partial charge in [0.25, 0.3) is 5.91 Å². The lowest BCUT2D eigenvalue weighted by molar-refractivity contribution is -0.122. The van der Waals surface area contributed by atoms with Crippen LogP contribution in [0.2, 0.25) is 0 Å². The molecule has 2 saturated heterocycles. The second-order valence-corrected chi connectivity index (χ2v) is 9.72. The summed E-state index contributed by atoms with van der Waals surface area (Å²) in [6, 6.07) is 14.8. The number of amides is 2. The van der Waals surface area contributed by atoms with Crippen LogP contribution in [0.25, 0.3) is 0 Å². The molecule has 1 atom stereocenters. The summed E-state index contributed by atoms with van der Waals surface area (Å²) in [6.07, 6.45) is -0.242. The van der Waals surface area contributed by atoms with Crippen LogP contribution in [0.15, 0.2) is 59.5 Å². The average Bonchev–Trinajstić information content (AvgIpc) is 3.13. The molecule has 0 bridgehead atoms. The van der Waals surface area contributed by atoms with Gasteiger partial charge in [0.2, 0.25) is 15.9 Å². The number of ether oxygens (including phenoxy) is 1. The van der Waals surface area contributed by atoms with Gasteiger partial charge in [-0.25, -0.2) is 13.3 Å². The summed E-state index contributed by atoms with van der Waals surface area (Å²) >= 11 is 0. The maximum Gasteiger partial charge on any atom is 0.252 e. The number of imide groups is 1. The highest BCUT2D eigenvalue weighted by molar-refractivity contribution is 7.89. The van der Waals surface area contributed by atoms with Crippen molar-refractivity contribution in [1.82, 2.24) is 9.21 Å². The summed E-state index contributed by atoms with van der Waals surface area (Å²) in [6.45, 7) is 2.98. The molecule has 0 N–H and O–H groups in total. The third-order valence-electron chi connectivity index (χ3n) is 5.82. The number of hydrogen-bond acceptors (Lipinski definition) is 7. The topological polar surface area (TPSA) is 111 Å². The lowest BCUT2D eigenvalue weighted by atomic mass is 10.2. The first-order valence-electron chi connectivity index (χ1n) is 10.7. The third-order valence-corrected chi connectivity index (χ3v) is 7.74. The van der Waals surface area contributed by atoms with Crippen LogP contribution in [-0.2, 0) is 24.3 Å². The van der Waals surface area contributed by atoms with Gasteiger partial charge in [-0.3, -0.25) is 14.5 Å². The SMILES string of the molecule is N#Cc1ccc(N2C(=O)CC(N(CCN3CCOCC3)S(=O)(=O)c3ccccc3)C2=O)cc1. The van der Waals surface area contributed by atoms with Crippen LogP contribution in [0, 0.1) is 11.3 Å². The van der Waals surface area contributed by atoms with E-state index in [2.05, 4.69) is 4.90 Å². The fraction of sp³-hybridized carbons (Fsp3) is 0.348. The quantitative estimate of drug-likeness (QED) is 0.562. The van der Waals surface area contributed by atoms with Crippen LogP contribution in [0.1, 0.15) is 12.0 Å². The number of morpholine rings is 1. The molecule has 33 heavy (non-hydrogen) atoms. The van der Waals surface area contributed by atoms with E-state index in [1.54, 1.807) is 18.2 Å². The van der Waals surface area contributed by atoms with Gasteiger partial charge in [0, 0.05) is 26.2 Å². The molecule has 9 nitrogen and oxygen atoms in total. The number of carbonyl (C=O) groups excluding carboxylic acids is 2. The molecule has 0 saturated carbocycles. The van der Waals surface area contributed by atoms with E-state index >= 15 is 0 Å². The fourth-order valence-corrected chi connectivity index (χ4v) is 5.63. The van der Waals surface area contributed by atoms with Crippen molar-refractivity contribution in [2.45, 2.75) is 17.4 Å². The predicted molar refractivity (Wildman–Crippen MR) is 120 cm³/mol. The van der Waals surface area contributed by atoms with Crippen molar-refractivity contribution in [2.24, 2.45) is 0 Å². The number of anilines is 1. The second kappa shape index (κ2) is 9.80. The van der Waals surface area contributed by atoms with E-state index in [4.69, 9.17) is 10.00 Å². The van der Waals surface area contributed by atoms with Crippen LogP contribution in [-0.4, -0.2) is 74.9 Å². The Morgan fingerprint density at radius 2 is 1.70 bits per heavy atom. The Bertz CT molecular complexity index is 1160. The fourth-order valence-electron chi connectivity index (χ4n) is 4.03. The van der Waals surface area contributed by atoms with Crippen molar-refractivity contribution in [2.75, 3.05) is 44.3 Å². The zero-order valence-corrected chi connectivity index (χ0v) is 18.8. The maximum atomic E-state index is 13.5. The molecule has 10 heteroatoms. The first-order valence-corrected chi connectivity index (χ1v) is 12.1. The molecular formula is C23H24N4O5S. The number of hydrogen-bond donors (Lipinski definition) is 0. The van der Waals surface area contributed by atoms with Crippen LogP contribution in [0.5, 0.6) is 0 Å². The normalized spacial score (nSPS) is 19.8. The number of nitriles is 1. The van der Waals surface area contributed by atoms with Crippen LogP contribution >= 0.6 is 0 Å². The molecule has 2 aromatic rings. The molecule has 1 unspecified atom stereocenters. The highest BCUT2D eigenvalue weighted by atomic mass is 32.2. The standard InChI is InChI=1S/C23H24N4O5S/c24-17-18-6-8-19(9-7-18)27-22(28)16-21(23(27)29)26(11-10-25-12-14-32-15-13-25)33(30,31)20-4-2-1-3-5-20/h1-9,21H,10-16H2. The van der Waals surface area contributed by atoms with Crippen molar-refractivity contribution in [1.29, 1.82) is 5.26 Å². The van der Waals surface area contributed by atoms with Crippen molar-refractivity contribution < 1.29 is 22.7 Å². The molecule has 2 heterocycles. The highest BCUT2D eigenvalue weighted by Crippen LogP contribution is 2.29. The lowest BCUT2D eigenvalue weighted by Gasteiger charge is -2.31. The third kappa shape index (κ3) is 4.82. The van der Waals surface area contributed by atoms with E-state index < -0.39 is 27.9 Å². The van der Waals surface area contributed by atoms with E-state index in [1.165, 1.54) is 36.4 Å². The van der Waals surface area contributed by atoms with E-state index in [1.807, 2.05) is 6.07 Å². The molecule has 2 aliphatic rings. The van der Waals surface area contributed by atoms with Crippen molar-refractivity contribution >= 4 is 27.5 Å². The summed E-state index contributed by atoms with van der Waals surface area (Å²) in [5.74, 6) is -1.07. The molecule has 0 radical (unpaired) electrons. The number of benzene rings is 2.